The summed E-state index contributed by atoms with van der Waals surface area (Å²) >= 11 is 0. The summed E-state index contributed by atoms with van der Waals surface area (Å²) in [6.07, 6.45) is 6.90. The van der Waals surface area contributed by atoms with Gasteiger partial charge in [0.25, 0.3) is 0 Å². The predicted octanol–water partition coefficient (Wildman–Crippen LogP) is 3.71. The van der Waals surface area contributed by atoms with E-state index < -0.39 is 5.60 Å². The molecule has 2 heterocycles. The Morgan fingerprint density at radius 2 is 2.25 bits per heavy atom. The van der Waals surface area contributed by atoms with E-state index in [2.05, 4.69) is 11.6 Å². The van der Waals surface area contributed by atoms with Crippen molar-refractivity contribution in [1.29, 1.82) is 0 Å². The van der Waals surface area contributed by atoms with Crippen molar-refractivity contribution in [2.75, 3.05) is 0 Å². The first-order valence-electron chi connectivity index (χ1n) is 6.96. The van der Waals surface area contributed by atoms with E-state index in [1.54, 1.807) is 11.1 Å². The van der Waals surface area contributed by atoms with Crippen LogP contribution in [-0.4, -0.2) is 27.6 Å². The zero-order chi connectivity index (χ0) is 14.8. The van der Waals surface area contributed by atoms with E-state index in [1.165, 1.54) is 0 Å². The summed E-state index contributed by atoms with van der Waals surface area (Å²) in [6.45, 7) is 9.47. The molecule has 0 saturated carbocycles. The molecular weight excluding hydrogens is 252 g/mol. The highest BCUT2D eigenvalue weighted by atomic mass is 16.6. The smallest absolute Gasteiger partial charge is 0.411 e. The van der Waals surface area contributed by atoms with E-state index in [0.717, 1.165) is 18.4 Å². The van der Waals surface area contributed by atoms with Gasteiger partial charge in [-0.2, -0.15) is 0 Å². The van der Waals surface area contributed by atoms with Crippen molar-refractivity contribution in [3.8, 4) is 0 Å². The Kier molecular flexibility index (Phi) is 4.12. The number of aromatic nitrogens is 1. The van der Waals surface area contributed by atoms with Gasteiger partial charge in [0, 0.05) is 12.4 Å². The minimum atomic E-state index is -0.495. The number of pyridine rings is 1. The molecule has 1 amide bonds. The fourth-order valence-corrected chi connectivity index (χ4v) is 2.55. The lowest BCUT2D eigenvalue weighted by atomic mass is 10.1. The number of hydrogen-bond donors (Lipinski definition) is 0. The average molecular weight is 274 g/mol. The Hall–Kier alpha value is -1.84. The van der Waals surface area contributed by atoms with Crippen LogP contribution < -0.4 is 0 Å². The predicted molar refractivity (Wildman–Crippen MR) is 78.3 cm³/mol. The highest BCUT2D eigenvalue weighted by molar-refractivity contribution is 5.70. The zero-order valence-corrected chi connectivity index (χ0v) is 12.4. The van der Waals surface area contributed by atoms with Gasteiger partial charge < -0.3 is 4.74 Å². The molecule has 0 aromatic carbocycles. The van der Waals surface area contributed by atoms with Gasteiger partial charge in [0.15, 0.2) is 0 Å². The fourth-order valence-electron chi connectivity index (χ4n) is 2.55. The minimum Gasteiger partial charge on any atom is -0.444 e. The molecule has 20 heavy (non-hydrogen) atoms. The third-order valence-electron chi connectivity index (χ3n) is 3.37. The van der Waals surface area contributed by atoms with Crippen LogP contribution in [0.3, 0.4) is 0 Å². The van der Waals surface area contributed by atoms with Crippen molar-refractivity contribution in [3.63, 3.8) is 0 Å². The van der Waals surface area contributed by atoms with Crippen molar-refractivity contribution >= 4 is 6.09 Å². The molecule has 1 aromatic rings. The molecule has 0 radical (unpaired) electrons. The minimum absolute atomic E-state index is 0.0153. The van der Waals surface area contributed by atoms with Gasteiger partial charge in [-0.15, -0.1) is 6.58 Å². The second-order valence-corrected chi connectivity index (χ2v) is 6.07. The lowest BCUT2D eigenvalue weighted by molar-refractivity contribution is 0.0178. The Balaban J connectivity index is 2.24. The quantitative estimate of drug-likeness (QED) is 0.772. The third kappa shape index (κ3) is 3.18. The van der Waals surface area contributed by atoms with Gasteiger partial charge in [0.1, 0.15) is 5.60 Å². The second kappa shape index (κ2) is 5.65. The fraction of sp³-hybridized carbons (Fsp3) is 0.500. The van der Waals surface area contributed by atoms with E-state index >= 15 is 0 Å². The molecule has 0 aliphatic carbocycles. The molecule has 1 aromatic heterocycles. The topological polar surface area (TPSA) is 42.4 Å². The summed E-state index contributed by atoms with van der Waals surface area (Å²) in [5.41, 5.74) is 0.549. The summed E-state index contributed by atoms with van der Waals surface area (Å²) < 4.78 is 5.52. The summed E-state index contributed by atoms with van der Waals surface area (Å²) in [7, 11) is 0. The van der Waals surface area contributed by atoms with Crippen molar-refractivity contribution in [3.05, 3.63) is 42.7 Å². The first-order chi connectivity index (χ1) is 9.42. The highest BCUT2D eigenvalue weighted by Crippen LogP contribution is 2.37. The van der Waals surface area contributed by atoms with Gasteiger partial charge in [-0.25, -0.2) is 4.79 Å². The van der Waals surface area contributed by atoms with E-state index in [9.17, 15) is 4.79 Å². The average Bonchev–Trinajstić information content (AvgIpc) is 2.81. The Morgan fingerprint density at radius 1 is 1.50 bits per heavy atom. The Morgan fingerprint density at radius 3 is 2.80 bits per heavy atom. The molecule has 2 atom stereocenters. The lowest BCUT2D eigenvalue weighted by Crippen LogP contribution is -2.40. The molecule has 4 nitrogen and oxygen atoms in total. The van der Waals surface area contributed by atoms with Crippen molar-refractivity contribution in [1.82, 2.24) is 9.88 Å². The van der Waals surface area contributed by atoms with Gasteiger partial charge in [0.2, 0.25) is 0 Å². The SMILES string of the molecule is C=C[C@@H]1CC[C@H](c2cccnc2)N1C(=O)OC(C)(C)C. The zero-order valence-electron chi connectivity index (χ0n) is 12.4. The second-order valence-electron chi connectivity index (χ2n) is 6.07. The summed E-state index contributed by atoms with van der Waals surface area (Å²) in [4.78, 5) is 18.4. The van der Waals surface area contributed by atoms with Gasteiger partial charge in [-0.1, -0.05) is 12.1 Å². The molecule has 2 rings (SSSR count). The lowest BCUT2D eigenvalue weighted by Gasteiger charge is -2.31. The number of likely N-dealkylation sites (tertiary alicyclic amines) is 1. The Labute approximate surface area is 120 Å². The number of hydrogen-bond acceptors (Lipinski definition) is 3. The maximum absolute atomic E-state index is 12.4. The maximum Gasteiger partial charge on any atom is 0.411 e. The molecule has 0 bridgehead atoms. The molecule has 1 aliphatic rings. The Bertz CT molecular complexity index is 479. The van der Waals surface area contributed by atoms with Crippen LogP contribution in [0.25, 0.3) is 0 Å². The van der Waals surface area contributed by atoms with Crippen molar-refractivity contribution < 1.29 is 9.53 Å². The maximum atomic E-state index is 12.4. The monoisotopic (exact) mass is 274 g/mol. The first-order valence-corrected chi connectivity index (χ1v) is 6.96. The van der Waals surface area contributed by atoms with Crippen LogP contribution in [0.15, 0.2) is 37.2 Å². The largest absolute Gasteiger partial charge is 0.444 e. The van der Waals surface area contributed by atoms with Gasteiger partial charge in [-0.3, -0.25) is 9.88 Å². The van der Waals surface area contributed by atoms with Crippen LogP contribution in [-0.2, 0) is 4.74 Å². The summed E-state index contributed by atoms with van der Waals surface area (Å²) in [5, 5.41) is 0. The summed E-state index contributed by atoms with van der Waals surface area (Å²) in [5.74, 6) is 0. The summed E-state index contributed by atoms with van der Waals surface area (Å²) in [6, 6.07) is 3.93. The number of amides is 1. The van der Waals surface area contributed by atoms with E-state index in [-0.39, 0.29) is 18.2 Å². The van der Waals surface area contributed by atoms with Gasteiger partial charge in [0.05, 0.1) is 12.1 Å². The molecule has 1 saturated heterocycles. The molecule has 4 heteroatoms. The molecule has 0 spiro atoms. The van der Waals surface area contributed by atoms with Gasteiger partial charge >= 0.3 is 6.09 Å². The molecule has 1 fully saturated rings. The van der Waals surface area contributed by atoms with Crippen LogP contribution >= 0.6 is 0 Å². The number of carbonyl (C=O) groups is 1. The normalized spacial score (nSPS) is 22.6. The van der Waals surface area contributed by atoms with Crippen molar-refractivity contribution in [2.24, 2.45) is 0 Å². The third-order valence-corrected chi connectivity index (χ3v) is 3.37. The number of rotatable bonds is 2. The molecule has 108 valence electrons. The molecular formula is C16H22N2O2. The molecule has 0 N–H and O–H groups in total. The van der Waals surface area contributed by atoms with Crippen LogP contribution in [0, 0.1) is 0 Å². The molecule has 0 unspecified atom stereocenters. The first kappa shape index (κ1) is 14.6. The molecule has 1 aliphatic heterocycles. The number of nitrogens with zero attached hydrogens (tertiary/aromatic N) is 2. The van der Waals surface area contributed by atoms with Crippen LogP contribution in [0.4, 0.5) is 4.79 Å². The highest BCUT2D eigenvalue weighted by Gasteiger charge is 2.38. The standard InChI is InChI=1S/C16H22N2O2/c1-5-13-8-9-14(12-7-6-10-17-11-12)18(13)15(19)20-16(2,3)4/h5-7,10-11,13-14H,1,8-9H2,2-4H3/t13-,14-/m1/s1. The van der Waals surface area contributed by atoms with Crippen molar-refractivity contribution in [2.45, 2.75) is 51.3 Å². The van der Waals surface area contributed by atoms with Crippen LogP contribution in [0.1, 0.15) is 45.2 Å². The van der Waals surface area contributed by atoms with Gasteiger partial charge in [-0.05, 0) is 45.2 Å². The van der Waals surface area contributed by atoms with E-state index in [4.69, 9.17) is 4.74 Å². The van der Waals surface area contributed by atoms with E-state index in [0.29, 0.717) is 0 Å². The number of carbonyl (C=O) groups excluding carboxylic acids is 1. The van der Waals surface area contributed by atoms with E-state index in [1.807, 2.05) is 45.2 Å². The van der Waals surface area contributed by atoms with Crippen LogP contribution in [0.5, 0.6) is 0 Å². The van der Waals surface area contributed by atoms with Crippen LogP contribution in [0.2, 0.25) is 0 Å². The number of ether oxygens (including phenoxy) is 1.